The van der Waals surface area contributed by atoms with E-state index in [1.54, 1.807) is 26.0 Å². The standard InChI is InChI=1S/C62H72B2N6O6Si/c1-41(2)61(71)66-30-16-32-69(37-44-18-10-14-22-56(44)63(73)74)39-54-48-20-12-13-21-49(48)55(40-70(33-17-31-67-62(72)42(3)4)38-45-19-11-15-23-57(45)64(75)76)53-34-43(24-27-50(53)54)60-51-28-25-46(65-5)35-58(51)77(8,9)59-36-47(68(6)7)26-29-52(59)60/h10-15,18-29,34-36,73-76H,1,3,16-17,30-33,37-40H2,2,4-9H3,(H,66,71)(H,67,72). The Labute approximate surface area is 455 Å². The van der Waals surface area contributed by atoms with Crippen LogP contribution in [0, 0.1) is 0 Å². The van der Waals surface area contributed by atoms with Crippen LogP contribution in [-0.2, 0) is 35.8 Å². The van der Waals surface area contributed by atoms with Crippen molar-refractivity contribution in [2.24, 2.45) is 4.99 Å². The van der Waals surface area contributed by atoms with E-state index in [1.807, 2.05) is 43.4 Å². The Hall–Kier alpha value is -6.94. The van der Waals surface area contributed by atoms with E-state index in [4.69, 9.17) is 0 Å². The van der Waals surface area contributed by atoms with E-state index < -0.39 is 22.3 Å². The molecular formula is C62H72B2N6O6Si. The van der Waals surface area contributed by atoms with E-state index in [2.05, 4.69) is 150 Å². The molecule has 1 heterocycles. The van der Waals surface area contributed by atoms with E-state index in [-0.39, 0.29) is 11.8 Å². The summed E-state index contributed by atoms with van der Waals surface area (Å²) in [6.45, 7) is 19.7. The highest BCUT2D eigenvalue weighted by atomic mass is 28.3. The van der Waals surface area contributed by atoms with Crippen LogP contribution >= 0.6 is 0 Å². The van der Waals surface area contributed by atoms with Crippen molar-refractivity contribution in [3.05, 3.63) is 196 Å². The fourth-order valence-electron chi connectivity index (χ4n) is 10.9. The molecule has 6 aromatic carbocycles. The third-order valence-corrected chi connectivity index (χ3v) is 18.6. The maximum atomic E-state index is 12.7. The van der Waals surface area contributed by atoms with Crippen LogP contribution in [0.3, 0.4) is 0 Å². The van der Waals surface area contributed by atoms with Gasteiger partial charge in [0.15, 0.2) is 0 Å². The molecular weight excluding hydrogens is 974 g/mol. The molecule has 0 spiro atoms. The Morgan fingerprint density at radius 3 is 1.65 bits per heavy atom. The summed E-state index contributed by atoms with van der Waals surface area (Å²) in [7, 11) is 0.425. The zero-order chi connectivity index (χ0) is 55.1. The molecule has 15 heteroatoms. The highest BCUT2D eigenvalue weighted by molar-refractivity contribution is 6.98. The van der Waals surface area contributed by atoms with Crippen molar-refractivity contribution in [2.45, 2.75) is 66.0 Å². The molecule has 77 heavy (non-hydrogen) atoms. The Bertz CT molecular complexity index is 3380. The number of benzene rings is 6. The van der Waals surface area contributed by atoms with Gasteiger partial charge in [0.25, 0.3) is 0 Å². The second kappa shape index (κ2) is 24.6. The van der Waals surface area contributed by atoms with Gasteiger partial charge in [0.2, 0.25) is 11.8 Å². The SMILES string of the molecule is C=C(C)C(=O)NCCCN(Cc1ccccc1B(O)O)Cc1c2ccccc2c(CN(CCCNC(=O)C(=C)C)Cc2ccccc2B(O)O)c2cc(C3=C4C=CC(=NC)C=C4[Si](C)(C)c4cc(N(C)C)ccc43)ccc12. The molecule has 1 aliphatic heterocycles. The number of fused-ring (bicyclic) bond motifs is 4. The van der Waals surface area contributed by atoms with Crippen molar-refractivity contribution in [1.29, 1.82) is 0 Å². The third kappa shape index (κ3) is 12.6. The minimum Gasteiger partial charge on any atom is -0.423 e. The van der Waals surface area contributed by atoms with Gasteiger partial charge < -0.3 is 35.6 Å². The van der Waals surface area contributed by atoms with Crippen LogP contribution in [0.1, 0.15) is 60.1 Å². The van der Waals surface area contributed by atoms with Crippen molar-refractivity contribution in [3.8, 4) is 0 Å². The molecule has 12 nitrogen and oxygen atoms in total. The summed E-state index contributed by atoms with van der Waals surface area (Å²) in [5.74, 6) is -0.388. The fourth-order valence-corrected chi connectivity index (χ4v) is 14.0. The summed E-state index contributed by atoms with van der Waals surface area (Å²) in [5.41, 5.74) is 12.3. The minimum atomic E-state index is -2.28. The molecule has 6 N–H and O–H groups in total. The number of hydrogen-bond donors (Lipinski definition) is 6. The number of anilines is 1. The first-order valence-corrected chi connectivity index (χ1v) is 29.5. The van der Waals surface area contributed by atoms with Gasteiger partial charge in [0.05, 0.1) is 5.71 Å². The number of aliphatic imine (C=N–C) groups is 1. The van der Waals surface area contributed by atoms with E-state index in [0.29, 0.717) is 87.3 Å². The summed E-state index contributed by atoms with van der Waals surface area (Å²) in [5, 5.41) is 55.2. The minimum absolute atomic E-state index is 0.193. The molecule has 0 bridgehead atoms. The van der Waals surface area contributed by atoms with Gasteiger partial charge in [-0.25, -0.2) is 0 Å². The molecule has 0 fully saturated rings. The summed E-state index contributed by atoms with van der Waals surface area (Å²) in [6.07, 6.45) is 7.91. The van der Waals surface area contributed by atoms with E-state index in [1.165, 1.54) is 21.5 Å². The zero-order valence-electron chi connectivity index (χ0n) is 45.7. The van der Waals surface area contributed by atoms with Crippen LogP contribution in [0.25, 0.3) is 27.1 Å². The number of nitrogens with zero attached hydrogens (tertiary/aromatic N) is 4. The molecule has 6 aromatic rings. The molecule has 396 valence electrons. The number of allylic oxidation sites excluding steroid dienone is 5. The second-order valence-corrected chi connectivity index (χ2v) is 25.5. The van der Waals surface area contributed by atoms with Crippen LogP contribution in [0.15, 0.2) is 167 Å². The van der Waals surface area contributed by atoms with Gasteiger partial charge >= 0.3 is 14.2 Å². The molecule has 1 aliphatic carbocycles. The lowest BCUT2D eigenvalue weighted by atomic mass is 9.77. The highest BCUT2D eigenvalue weighted by Gasteiger charge is 2.40. The van der Waals surface area contributed by atoms with Crippen LogP contribution < -0.4 is 31.6 Å². The van der Waals surface area contributed by atoms with E-state index >= 15 is 0 Å². The molecule has 8 rings (SSSR count). The monoisotopic (exact) mass is 1050 g/mol. The second-order valence-electron chi connectivity index (χ2n) is 21.2. The lowest BCUT2D eigenvalue weighted by molar-refractivity contribution is -0.118. The highest BCUT2D eigenvalue weighted by Crippen LogP contribution is 2.44. The maximum absolute atomic E-state index is 12.7. The lowest BCUT2D eigenvalue weighted by Crippen LogP contribution is -2.49. The Morgan fingerprint density at radius 1 is 0.636 bits per heavy atom. The van der Waals surface area contributed by atoms with Crippen molar-refractivity contribution >= 4 is 88.8 Å². The number of carbonyl (C=O) groups excluding carboxylic acids is 2. The van der Waals surface area contributed by atoms with Gasteiger partial charge in [0.1, 0.15) is 8.07 Å². The first-order chi connectivity index (χ1) is 36.9. The maximum Gasteiger partial charge on any atom is 0.488 e. The Morgan fingerprint density at radius 2 is 1.14 bits per heavy atom. The average molecular weight is 1050 g/mol. The average Bonchev–Trinajstić information content (AvgIpc) is 3.48. The van der Waals surface area contributed by atoms with Gasteiger partial charge in [-0.1, -0.05) is 123 Å². The predicted molar refractivity (Wildman–Crippen MR) is 322 cm³/mol. The van der Waals surface area contributed by atoms with Crippen molar-refractivity contribution in [2.75, 3.05) is 52.2 Å². The van der Waals surface area contributed by atoms with Gasteiger partial charge in [-0.3, -0.25) is 24.4 Å². The molecule has 0 radical (unpaired) electrons. The number of nitrogens with one attached hydrogen (secondary N) is 2. The molecule has 0 unspecified atom stereocenters. The smallest absolute Gasteiger partial charge is 0.423 e. The summed E-state index contributed by atoms with van der Waals surface area (Å²) >= 11 is 0. The van der Waals surface area contributed by atoms with Gasteiger partial charge in [-0.2, -0.15) is 0 Å². The van der Waals surface area contributed by atoms with Crippen LogP contribution in [-0.4, -0.2) is 117 Å². The third-order valence-electron chi connectivity index (χ3n) is 15.1. The van der Waals surface area contributed by atoms with E-state index in [0.717, 1.165) is 66.3 Å². The first kappa shape index (κ1) is 56.3. The summed E-state index contributed by atoms with van der Waals surface area (Å²) in [4.78, 5) is 36.7. The summed E-state index contributed by atoms with van der Waals surface area (Å²) < 4.78 is 0. The number of hydrogen-bond acceptors (Lipinski definition) is 10. The molecule has 2 amide bonds. The Balaban J connectivity index is 1.36. The summed E-state index contributed by atoms with van der Waals surface area (Å²) in [6, 6.07) is 37.1. The first-order valence-electron chi connectivity index (χ1n) is 26.5. The van der Waals surface area contributed by atoms with Gasteiger partial charge in [0, 0.05) is 90.3 Å². The topological polar surface area (TPSA) is 161 Å². The largest absolute Gasteiger partial charge is 0.488 e. The van der Waals surface area contributed by atoms with Gasteiger partial charge in [-0.15, -0.1) is 0 Å². The predicted octanol–water partition coefficient (Wildman–Crippen LogP) is 6.42. The van der Waals surface area contributed by atoms with Crippen molar-refractivity contribution in [1.82, 2.24) is 20.4 Å². The quantitative estimate of drug-likeness (QED) is 0.0195. The van der Waals surface area contributed by atoms with Crippen LogP contribution in [0.4, 0.5) is 5.69 Å². The lowest BCUT2D eigenvalue weighted by Gasteiger charge is -2.38. The van der Waals surface area contributed by atoms with E-state index in [9.17, 15) is 29.7 Å². The number of carbonyl (C=O) groups is 2. The van der Waals surface area contributed by atoms with Crippen molar-refractivity contribution < 1.29 is 29.7 Å². The fraction of sp³-hybridized carbons (Fsp3) is 0.274. The molecule has 2 aliphatic rings. The molecule has 0 atom stereocenters. The van der Waals surface area contributed by atoms with Crippen LogP contribution in [0.2, 0.25) is 13.1 Å². The number of amides is 2. The van der Waals surface area contributed by atoms with Crippen molar-refractivity contribution in [3.63, 3.8) is 0 Å². The zero-order valence-corrected chi connectivity index (χ0v) is 46.7. The van der Waals surface area contributed by atoms with Gasteiger partial charge in [-0.05, 0) is 144 Å². The number of rotatable bonds is 22. The Kier molecular flexibility index (Phi) is 18.0. The molecule has 0 saturated heterocycles. The molecule has 0 saturated carbocycles. The molecule has 0 aromatic heterocycles. The normalized spacial score (nSPS) is 14.2. The van der Waals surface area contributed by atoms with Crippen LogP contribution in [0.5, 0.6) is 0 Å².